The smallest absolute Gasteiger partial charge is 0.249 e. The Hall–Kier alpha value is -3.19. The van der Waals surface area contributed by atoms with Crippen LogP contribution in [0.4, 0.5) is 0 Å². The first-order chi connectivity index (χ1) is 16.1. The number of piperazine rings is 1. The molecule has 33 heavy (non-hydrogen) atoms. The molecule has 7 nitrogen and oxygen atoms in total. The highest BCUT2D eigenvalue weighted by atomic mass is 16.5. The number of ether oxygens (including phenoxy) is 4. The fraction of sp³-hybridized carbons (Fsp3) is 0.423. The van der Waals surface area contributed by atoms with Gasteiger partial charge in [-0.05, 0) is 59.9 Å². The molecule has 0 radical (unpaired) electrons. The van der Waals surface area contributed by atoms with E-state index in [-0.39, 0.29) is 5.91 Å². The highest BCUT2D eigenvalue weighted by Gasteiger charge is 2.26. The van der Waals surface area contributed by atoms with E-state index in [4.69, 9.17) is 18.9 Å². The summed E-state index contributed by atoms with van der Waals surface area (Å²) in [6, 6.07) is 10.0. The minimum atomic E-state index is 0.156. The van der Waals surface area contributed by atoms with Gasteiger partial charge in [0.2, 0.25) is 11.7 Å². The van der Waals surface area contributed by atoms with Crippen LogP contribution in [-0.2, 0) is 17.8 Å². The van der Waals surface area contributed by atoms with Gasteiger partial charge in [0.1, 0.15) is 5.75 Å². The summed E-state index contributed by atoms with van der Waals surface area (Å²) in [6.45, 7) is 3.84. The van der Waals surface area contributed by atoms with Gasteiger partial charge >= 0.3 is 0 Å². The molecular weight excluding hydrogens is 420 g/mol. The van der Waals surface area contributed by atoms with E-state index in [2.05, 4.69) is 11.0 Å². The molecule has 1 fully saturated rings. The van der Waals surface area contributed by atoms with Crippen LogP contribution in [0.15, 0.2) is 35.9 Å². The number of fused-ring (bicyclic) bond motifs is 1. The molecule has 0 spiro atoms. The quantitative estimate of drug-likeness (QED) is 0.642. The Kier molecular flexibility index (Phi) is 7.08. The maximum absolute atomic E-state index is 13.2. The van der Waals surface area contributed by atoms with Gasteiger partial charge in [-0.1, -0.05) is 6.07 Å². The lowest BCUT2D eigenvalue weighted by Gasteiger charge is -2.35. The minimum Gasteiger partial charge on any atom is -0.497 e. The predicted molar refractivity (Wildman–Crippen MR) is 127 cm³/mol. The number of amides is 1. The molecule has 4 rings (SSSR count). The molecule has 2 aliphatic rings. The van der Waals surface area contributed by atoms with Gasteiger partial charge in [-0.2, -0.15) is 0 Å². The van der Waals surface area contributed by atoms with Crippen LogP contribution in [0, 0.1) is 0 Å². The van der Waals surface area contributed by atoms with Gasteiger partial charge in [-0.15, -0.1) is 0 Å². The fourth-order valence-corrected chi connectivity index (χ4v) is 4.56. The molecule has 1 heterocycles. The van der Waals surface area contributed by atoms with Crippen molar-refractivity contribution >= 4 is 12.0 Å². The summed E-state index contributed by atoms with van der Waals surface area (Å²) in [5, 5.41) is 0. The van der Waals surface area contributed by atoms with Crippen molar-refractivity contribution < 1.29 is 23.7 Å². The summed E-state index contributed by atoms with van der Waals surface area (Å²) >= 11 is 0. The first kappa shape index (κ1) is 23.0. The molecule has 0 saturated carbocycles. The molecule has 176 valence electrons. The fourth-order valence-electron chi connectivity index (χ4n) is 4.56. The van der Waals surface area contributed by atoms with Gasteiger partial charge in [0.05, 0.1) is 28.4 Å². The second kappa shape index (κ2) is 10.2. The largest absolute Gasteiger partial charge is 0.497 e. The van der Waals surface area contributed by atoms with Crippen molar-refractivity contribution in [3.05, 3.63) is 52.6 Å². The topological polar surface area (TPSA) is 60.5 Å². The van der Waals surface area contributed by atoms with E-state index < -0.39 is 0 Å². The van der Waals surface area contributed by atoms with Crippen LogP contribution in [0.5, 0.6) is 23.0 Å². The van der Waals surface area contributed by atoms with Gasteiger partial charge in [-0.3, -0.25) is 9.69 Å². The van der Waals surface area contributed by atoms with E-state index in [1.165, 1.54) is 5.56 Å². The summed E-state index contributed by atoms with van der Waals surface area (Å²) in [4.78, 5) is 17.5. The zero-order valence-corrected chi connectivity index (χ0v) is 19.8. The molecule has 0 aromatic heterocycles. The Labute approximate surface area is 195 Å². The number of carbonyl (C=O) groups is 1. The number of nitrogens with zero attached hydrogens (tertiary/aromatic N) is 2. The molecule has 0 N–H and O–H groups in total. The van der Waals surface area contributed by atoms with Gasteiger partial charge < -0.3 is 23.8 Å². The summed E-state index contributed by atoms with van der Waals surface area (Å²) in [5.74, 6) is 2.93. The van der Waals surface area contributed by atoms with Crippen LogP contribution >= 0.6 is 0 Å². The number of rotatable bonds is 7. The zero-order valence-electron chi connectivity index (χ0n) is 19.8. The highest BCUT2D eigenvalue weighted by Crippen LogP contribution is 2.38. The van der Waals surface area contributed by atoms with Gasteiger partial charge in [0.15, 0.2) is 11.5 Å². The van der Waals surface area contributed by atoms with Crippen molar-refractivity contribution in [3.8, 4) is 23.0 Å². The first-order valence-corrected chi connectivity index (χ1v) is 11.2. The standard InChI is InChI=1S/C26H32N2O5/c1-30-22-8-7-19-15-21(6-5-20(19)16-22)26(29)28-11-9-27(10-12-28)17-18-13-23(31-2)25(33-4)24(14-18)32-3/h7-8,13-16H,5-6,9-12,17H2,1-4H3. The van der Waals surface area contributed by atoms with Crippen molar-refractivity contribution in [1.82, 2.24) is 9.80 Å². The van der Waals surface area contributed by atoms with Crippen molar-refractivity contribution in [2.75, 3.05) is 54.6 Å². The Morgan fingerprint density at radius 2 is 1.55 bits per heavy atom. The molecule has 0 bridgehead atoms. The van der Waals surface area contributed by atoms with E-state index in [1.54, 1.807) is 28.4 Å². The second-order valence-corrected chi connectivity index (χ2v) is 8.34. The molecule has 2 aromatic carbocycles. The SMILES string of the molecule is COc1ccc2c(c1)CCC(C(=O)N1CCN(Cc3cc(OC)c(OC)c(OC)c3)CC1)=C2. The van der Waals surface area contributed by atoms with Crippen LogP contribution in [-0.4, -0.2) is 70.3 Å². The first-order valence-electron chi connectivity index (χ1n) is 11.2. The lowest BCUT2D eigenvalue weighted by atomic mass is 9.91. The molecule has 1 aliphatic carbocycles. The van der Waals surface area contributed by atoms with Crippen LogP contribution in [0.1, 0.15) is 23.1 Å². The molecule has 0 unspecified atom stereocenters. The summed E-state index contributed by atoms with van der Waals surface area (Å²) in [6.07, 6.45) is 3.68. The lowest BCUT2D eigenvalue weighted by molar-refractivity contribution is -0.129. The number of aryl methyl sites for hydroxylation is 1. The van der Waals surface area contributed by atoms with Crippen molar-refractivity contribution in [3.63, 3.8) is 0 Å². The highest BCUT2D eigenvalue weighted by molar-refractivity contribution is 5.98. The molecule has 1 aliphatic heterocycles. The van der Waals surface area contributed by atoms with Crippen molar-refractivity contribution in [1.29, 1.82) is 0 Å². The number of carbonyl (C=O) groups excluding carboxylic acids is 1. The maximum Gasteiger partial charge on any atom is 0.249 e. The van der Waals surface area contributed by atoms with Crippen LogP contribution in [0.25, 0.3) is 6.08 Å². The predicted octanol–water partition coefficient (Wildman–Crippen LogP) is 3.40. The van der Waals surface area contributed by atoms with Crippen LogP contribution < -0.4 is 18.9 Å². The maximum atomic E-state index is 13.2. The molecule has 7 heteroatoms. The van der Waals surface area contributed by atoms with E-state index in [0.717, 1.165) is 68.0 Å². The van der Waals surface area contributed by atoms with Crippen molar-refractivity contribution in [2.24, 2.45) is 0 Å². The van der Waals surface area contributed by atoms with E-state index >= 15 is 0 Å². The summed E-state index contributed by atoms with van der Waals surface area (Å²) in [5.41, 5.74) is 4.34. The Morgan fingerprint density at radius 3 is 2.15 bits per heavy atom. The van der Waals surface area contributed by atoms with Crippen molar-refractivity contribution in [2.45, 2.75) is 19.4 Å². The third kappa shape index (κ3) is 4.93. The monoisotopic (exact) mass is 452 g/mol. The Balaban J connectivity index is 1.38. The molecule has 1 amide bonds. The lowest BCUT2D eigenvalue weighted by Crippen LogP contribution is -2.48. The average Bonchev–Trinajstić information content (AvgIpc) is 2.87. The minimum absolute atomic E-state index is 0.156. The number of hydrogen-bond acceptors (Lipinski definition) is 6. The van der Waals surface area contributed by atoms with Gasteiger partial charge in [0, 0.05) is 38.3 Å². The molecule has 0 atom stereocenters. The van der Waals surface area contributed by atoms with Crippen LogP contribution in [0.3, 0.4) is 0 Å². The summed E-state index contributed by atoms with van der Waals surface area (Å²) in [7, 11) is 6.53. The van der Waals surface area contributed by atoms with Gasteiger partial charge in [-0.25, -0.2) is 0 Å². The molecule has 1 saturated heterocycles. The normalized spacial score (nSPS) is 16.0. The van der Waals surface area contributed by atoms with Gasteiger partial charge in [0.25, 0.3) is 0 Å². The van der Waals surface area contributed by atoms with E-state index in [1.807, 2.05) is 35.2 Å². The summed E-state index contributed by atoms with van der Waals surface area (Å²) < 4.78 is 21.7. The number of hydrogen-bond donors (Lipinski definition) is 0. The Bertz CT molecular complexity index is 1020. The molecular formula is C26H32N2O5. The number of benzene rings is 2. The Morgan fingerprint density at radius 1 is 0.848 bits per heavy atom. The van der Waals surface area contributed by atoms with E-state index in [9.17, 15) is 4.79 Å². The zero-order chi connectivity index (χ0) is 23.4. The third-order valence-electron chi connectivity index (χ3n) is 6.41. The third-order valence-corrected chi connectivity index (χ3v) is 6.41. The second-order valence-electron chi connectivity index (χ2n) is 8.34. The van der Waals surface area contributed by atoms with Crippen LogP contribution in [0.2, 0.25) is 0 Å². The number of methoxy groups -OCH3 is 4. The van der Waals surface area contributed by atoms with E-state index in [0.29, 0.717) is 17.2 Å². The average molecular weight is 453 g/mol. The molecule has 2 aromatic rings.